The van der Waals surface area contributed by atoms with E-state index in [1.165, 1.54) is 5.56 Å². The molecule has 0 bridgehead atoms. The van der Waals surface area contributed by atoms with Crippen LogP contribution in [-0.4, -0.2) is 36.4 Å². The second-order valence-corrected chi connectivity index (χ2v) is 4.33. The van der Waals surface area contributed by atoms with E-state index in [-0.39, 0.29) is 6.10 Å². The summed E-state index contributed by atoms with van der Waals surface area (Å²) < 4.78 is 5.11. The van der Waals surface area contributed by atoms with Crippen LogP contribution in [0, 0.1) is 0 Å². The molecule has 1 aromatic carbocycles. The van der Waals surface area contributed by atoms with Crippen LogP contribution in [0.15, 0.2) is 24.3 Å². The van der Waals surface area contributed by atoms with Gasteiger partial charge in [0.2, 0.25) is 0 Å². The molecule has 2 rings (SSSR count). The molecule has 4 nitrogen and oxygen atoms in total. The monoisotopic (exact) mass is 235 g/mol. The first-order valence-corrected chi connectivity index (χ1v) is 6.01. The fourth-order valence-electron chi connectivity index (χ4n) is 1.91. The predicted octanol–water partition coefficient (Wildman–Crippen LogP) is 1.17. The van der Waals surface area contributed by atoms with Crippen molar-refractivity contribution in [3.8, 4) is 5.75 Å². The van der Waals surface area contributed by atoms with Crippen molar-refractivity contribution in [1.82, 2.24) is 10.4 Å². The number of nitrogens with zero attached hydrogens (tertiary/aromatic N) is 2. The van der Waals surface area contributed by atoms with Gasteiger partial charge in [0.1, 0.15) is 5.75 Å². The van der Waals surface area contributed by atoms with E-state index in [2.05, 4.69) is 10.4 Å². The van der Waals surface area contributed by atoms with E-state index in [0.29, 0.717) is 6.54 Å². The summed E-state index contributed by atoms with van der Waals surface area (Å²) in [6.07, 6.45) is 1.51. The molecule has 0 unspecified atom stereocenters. The molecule has 0 saturated carbocycles. The predicted molar refractivity (Wildman–Crippen MR) is 65.6 cm³/mol. The third kappa shape index (κ3) is 3.70. The second kappa shape index (κ2) is 6.00. The minimum atomic E-state index is -0.137. The Bertz CT molecular complexity index is 332. The number of hydrogen-bond donors (Lipinski definition) is 1. The van der Waals surface area contributed by atoms with Gasteiger partial charge >= 0.3 is 0 Å². The van der Waals surface area contributed by atoms with Gasteiger partial charge in [-0.15, -0.1) is 0 Å². The lowest BCUT2D eigenvalue weighted by atomic mass is 10.1. The van der Waals surface area contributed by atoms with Gasteiger partial charge in [0, 0.05) is 13.1 Å². The number of ether oxygens (including phenoxy) is 1. The number of aliphatic hydroxyl groups is 1. The van der Waals surface area contributed by atoms with Crippen LogP contribution < -0.4 is 10.2 Å². The Balaban J connectivity index is 1.77. The van der Waals surface area contributed by atoms with Crippen LogP contribution in [0.25, 0.3) is 0 Å². The number of methoxy groups -OCH3 is 1. The smallest absolute Gasteiger partial charge is 0.118 e. The largest absolute Gasteiger partial charge is 0.497 e. The zero-order valence-electron chi connectivity index (χ0n) is 10.2. The van der Waals surface area contributed by atoms with Gasteiger partial charge < -0.3 is 9.84 Å². The summed E-state index contributed by atoms with van der Waals surface area (Å²) in [6, 6.07) is 7.96. The summed E-state index contributed by atoms with van der Waals surface area (Å²) in [5, 5.41) is 11.4. The van der Waals surface area contributed by atoms with Crippen LogP contribution in [0.4, 0.5) is 0 Å². The number of rotatable bonds is 4. The molecule has 0 spiro atoms. The molecule has 1 N–H and O–H groups in total. The van der Waals surface area contributed by atoms with E-state index < -0.39 is 0 Å². The van der Waals surface area contributed by atoms with Gasteiger partial charge in [-0.05, 0) is 30.5 Å². The fourth-order valence-corrected chi connectivity index (χ4v) is 1.91. The summed E-state index contributed by atoms with van der Waals surface area (Å²) >= 11 is 0. The third-order valence-corrected chi connectivity index (χ3v) is 3.05. The first kappa shape index (κ1) is 12.4. The molecule has 0 aromatic heterocycles. The molecule has 93 valence electrons. The topological polar surface area (TPSA) is 46.8 Å². The van der Waals surface area contributed by atoms with E-state index in [1.54, 1.807) is 7.11 Å². The van der Waals surface area contributed by atoms with Crippen LogP contribution in [0.5, 0.6) is 5.75 Å². The van der Waals surface area contributed by atoms with Gasteiger partial charge in [-0.25, -0.2) is 5.01 Å². The third-order valence-electron chi connectivity index (χ3n) is 3.05. The number of benzene rings is 1. The Hall–Kier alpha value is -1.10. The summed E-state index contributed by atoms with van der Waals surface area (Å²) in [4.78, 5) is 0. The van der Waals surface area contributed by atoms with Crippen molar-refractivity contribution >= 4 is 0 Å². The minimum Gasteiger partial charge on any atom is -0.497 e. The molecule has 1 aliphatic heterocycles. The molecule has 0 atom stereocenters. The van der Waals surface area contributed by atoms with Crippen molar-refractivity contribution in [2.75, 3.05) is 20.2 Å². The van der Waals surface area contributed by atoms with Gasteiger partial charge in [0.05, 0.1) is 19.8 Å². The molecule has 1 heterocycles. The van der Waals surface area contributed by atoms with Gasteiger partial charge in [-0.1, -0.05) is 12.1 Å². The average Bonchev–Trinajstić information content (AvgIpc) is 2.39. The first-order chi connectivity index (χ1) is 8.28. The lowest BCUT2D eigenvalue weighted by molar-refractivity contribution is 0.0515. The van der Waals surface area contributed by atoms with Crippen molar-refractivity contribution < 1.29 is 9.84 Å². The van der Waals surface area contributed by atoms with Gasteiger partial charge in [0.15, 0.2) is 0 Å². The van der Waals surface area contributed by atoms with E-state index in [9.17, 15) is 5.11 Å². The van der Waals surface area contributed by atoms with Crippen LogP contribution >= 0.6 is 0 Å². The SMILES string of the molecule is COc1ccc(C[N]N2CCC(O)CC2)cc1. The standard InChI is InChI=1S/C13H19N2O2/c1-17-13-4-2-11(3-5-13)10-14-15-8-6-12(16)7-9-15/h2-5,12,16H,6-10H2,1H3. The highest BCUT2D eigenvalue weighted by Gasteiger charge is 2.16. The highest BCUT2D eigenvalue weighted by molar-refractivity contribution is 5.26. The highest BCUT2D eigenvalue weighted by Crippen LogP contribution is 2.12. The highest BCUT2D eigenvalue weighted by atomic mass is 16.5. The maximum Gasteiger partial charge on any atom is 0.118 e. The van der Waals surface area contributed by atoms with E-state index in [0.717, 1.165) is 31.7 Å². The van der Waals surface area contributed by atoms with Gasteiger partial charge in [-0.2, -0.15) is 5.43 Å². The Labute approximate surface area is 102 Å². The summed E-state index contributed by atoms with van der Waals surface area (Å²) in [7, 11) is 1.67. The lowest BCUT2D eigenvalue weighted by Gasteiger charge is -2.28. The van der Waals surface area contributed by atoms with Crippen molar-refractivity contribution in [1.29, 1.82) is 0 Å². The quantitative estimate of drug-likeness (QED) is 0.852. The van der Waals surface area contributed by atoms with Crippen LogP contribution in [0.3, 0.4) is 0 Å². The molecule has 4 heteroatoms. The summed E-state index contributed by atoms with van der Waals surface area (Å²) in [6.45, 7) is 2.41. The van der Waals surface area contributed by atoms with Gasteiger partial charge in [0.25, 0.3) is 0 Å². The zero-order chi connectivity index (χ0) is 12.1. The molecule has 0 aliphatic carbocycles. The van der Waals surface area contributed by atoms with Crippen molar-refractivity contribution in [3.05, 3.63) is 29.8 Å². The maximum absolute atomic E-state index is 9.39. The Kier molecular flexibility index (Phi) is 4.36. The number of hydrogen-bond acceptors (Lipinski definition) is 3. The van der Waals surface area contributed by atoms with E-state index in [4.69, 9.17) is 4.74 Å². The maximum atomic E-state index is 9.39. The van der Waals surface area contributed by atoms with E-state index in [1.807, 2.05) is 24.3 Å². The molecule has 1 aliphatic rings. The van der Waals surface area contributed by atoms with Crippen LogP contribution in [0.1, 0.15) is 18.4 Å². The average molecular weight is 235 g/mol. The second-order valence-electron chi connectivity index (χ2n) is 4.33. The number of aliphatic hydroxyl groups excluding tert-OH is 1. The molecule has 1 aromatic rings. The fraction of sp³-hybridized carbons (Fsp3) is 0.538. The first-order valence-electron chi connectivity index (χ1n) is 6.01. The van der Waals surface area contributed by atoms with Crippen molar-refractivity contribution in [2.45, 2.75) is 25.5 Å². The van der Waals surface area contributed by atoms with Crippen molar-refractivity contribution in [2.24, 2.45) is 0 Å². The zero-order valence-corrected chi connectivity index (χ0v) is 10.2. The van der Waals surface area contributed by atoms with E-state index >= 15 is 0 Å². The molecular weight excluding hydrogens is 216 g/mol. The molecule has 17 heavy (non-hydrogen) atoms. The normalized spacial score (nSPS) is 18.2. The minimum absolute atomic E-state index is 0.137. The Morgan fingerprint density at radius 2 is 1.94 bits per heavy atom. The van der Waals surface area contributed by atoms with Crippen LogP contribution in [-0.2, 0) is 6.54 Å². The van der Waals surface area contributed by atoms with Gasteiger partial charge in [-0.3, -0.25) is 0 Å². The molecule has 1 fully saturated rings. The lowest BCUT2D eigenvalue weighted by Crippen LogP contribution is -2.40. The van der Waals surface area contributed by atoms with Crippen molar-refractivity contribution in [3.63, 3.8) is 0 Å². The summed E-state index contributed by atoms with van der Waals surface area (Å²) in [5.74, 6) is 0.870. The Morgan fingerprint density at radius 1 is 1.29 bits per heavy atom. The number of piperidine rings is 1. The molecule has 0 amide bonds. The molecule has 1 saturated heterocycles. The molecule has 1 radical (unpaired) electrons. The summed E-state index contributed by atoms with van der Waals surface area (Å²) in [5.41, 5.74) is 5.70. The molecular formula is C13H19N2O2. The van der Waals surface area contributed by atoms with Crippen LogP contribution in [0.2, 0.25) is 0 Å². The Morgan fingerprint density at radius 3 is 2.53 bits per heavy atom.